The van der Waals surface area contributed by atoms with Gasteiger partial charge in [0.2, 0.25) is 5.91 Å². The van der Waals surface area contributed by atoms with Crippen LogP contribution in [-0.2, 0) is 15.8 Å². The average Bonchev–Trinajstić information content (AvgIpc) is 2.91. The Bertz CT molecular complexity index is 1040. The number of anilines is 1. The minimum atomic E-state index is -4.45. The maximum Gasteiger partial charge on any atom is 0.416 e. The zero-order valence-electron chi connectivity index (χ0n) is 17.4. The van der Waals surface area contributed by atoms with Crippen LogP contribution in [0.25, 0.3) is 0 Å². The van der Waals surface area contributed by atoms with Crippen molar-refractivity contribution in [3.05, 3.63) is 48.0 Å². The SMILES string of the molecule is COc1ccc(Oc2ccc(C(F)(F)F)cc2)cc1NC(=O)CC1C(=O)N(C)C(=O)N1C. The number of imide groups is 1. The normalized spacial score (nSPS) is 16.4. The summed E-state index contributed by atoms with van der Waals surface area (Å²) in [7, 11) is 4.16. The summed E-state index contributed by atoms with van der Waals surface area (Å²) in [4.78, 5) is 38.7. The van der Waals surface area contributed by atoms with E-state index < -0.39 is 35.6 Å². The molecule has 0 aliphatic carbocycles. The monoisotopic (exact) mass is 451 g/mol. The number of nitrogens with one attached hydrogen (secondary N) is 1. The topological polar surface area (TPSA) is 88.2 Å². The molecule has 1 heterocycles. The van der Waals surface area contributed by atoms with Crippen LogP contribution < -0.4 is 14.8 Å². The number of methoxy groups -OCH3 is 1. The van der Waals surface area contributed by atoms with E-state index in [0.29, 0.717) is 5.75 Å². The molecule has 1 aliphatic rings. The largest absolute Gasteiger partial charge is 0.495 e. The van der Waals surface area contributed by atoms with Crippen LogP contribution in [0.1, 0.15) is 12.0 Å². The minimum Gasteiger partial charge on any atom is -0.495 e. The van der Waals surface area contributed by atoms with Crippen molar-refractivity contribution in [3.63, 3.8) is 0 Å². The summed E-state index contributed by atoms with van der Waals surface area (Å²) in [5, 5.41) is 2.61. The highest BCUT2D eigenvalue weighted by atomic mass is 19.4. The first-order valence-corrected chi connectivity index (χ1v) is 9.38. The van der Waals surface area contributed by atoms with Crippen molar-refractivity contribution in [3.8, 4) is 17.2 Å². The van der Waals surface area contributed by atoms with Crippen molar-refractivity contribution < 1.29 is 37.0 Å². The Kier molecular flexibility index (Phi) is 6.28. The highest BCUT2D eigenvalue weighted by molar-refractivity contribution is 6.06. The first-order chi connectivity index (χ1) is 15.0. The predicted molar refractivity (Wildman–Crippen MR) is 107 cm³/mol. The minimum absolute atomic E-state index is 0.167. The highest BCUT2D eigenvalue weighted by Gasteiger charge is 2.41. The van der Waals surface area contributed by atoms with Crippen LogP contribution in [0.15, 0.2) is 42.5 Å². The third kappa shape index (κ3) is 4.76. The number of amides is 4. The van der Waals surface area contributed by atoms with Gasteiger partial charge in [0.15, 0.2) is 0 Å². The van der Waals surface area contributed by atoms with Crippen LogP contribution in [0.4, 0.5) is 23.7 Å². The average molecular weight is 451 g/mol. The van der Waals surface area contributed by atoms with Crippen LogP contribution >= 0.6 is 0 Å². The predicted octanol–water partition coefficient (Wildman–Crippen LogP) is 3.73. The molecule has 1 fully saturated rings. The van der Waals surface area contributed by atoms with E-state index in [1.165, 1.54) is 56.4 Å². The van der Waals surface area contributed by atoms with Gasteiger partial charge in [0.25, 0.3) is 5.91 Å². The smallest absolute Gasteiger partial charge is 0.416 e. The lowest BCUT2D eigenvalue weighted by atomic mass is 10.1. The van der Waals surface area contributed by atoms with Crippen LogP contribution in [0.3, 0.4) is 0 Å². The molecule has 0 saturated carbocycles. The number of carbonyl (C=O) groups excluding carboxylic acids is 3. The Balaban J connectivity index is 1.73. The van der Waals surface area contributed by atoms with E-state index in [0.717, 1.165) is 17.0 Å². The van der Waals surface area contributed by atoms with E-state index in [4.69, 9.17) is 9.47 Å². The number of urea groups is 1. The summed E-state index contributed by atoms with van der Waals surface area (Å²) in [5.74, 6) is -0.315. The number of alkyl halides is 3. The highest BCUT2D eigenvalue weighted by Crippen LogP contribution is 2.34. The van der Waals surface area contributed by atoms with E-state index in [1.807, 2.05) is 0 Å². The molecule has 4 amide bonds. The summed E-state index contributed by atoms with van der Waals surface area (Å²) >= 11 is 0. The van der Waals surface area contributed by atoms with Crippen LogP contribution in [0.5, 0.6) is 17.2 Å². The second kappa shape index (κ2) is 8.77. The van der Waals surface area contributed by atoms with Crippen molar-refractivity contribution in [2.75, 3.05) is 26.5 Å². The van der Waals surface area contributed by atoms with Gasteiger partial charge in [-0.25, -0.2) is 4.79 Å². The number of hydrogen-bond acceptors (Lipinski definition) is 5. The molecular weight excluding hydrogens is 431 g/mol. The molecular formula is C21H20F3N3O5. The fourth-order valence-corrected chi connectivity index (χ4v) is 3.15. The van der Waals surface area contributed by atoms with E-state index in [9.17, 15) is 27.6 Å². The van der Waals surface area contributed by atoms with E-state index in [1.54, 1.807) is 0 Å². The van der Waals surface area contributed by atoms with Gasteiger partial charge in [-0.1, -0.05) is 0 Å². The van der Waals surface area contributed by atoms with Crippen molar-refractivity contribution >= 4 is 23.5 Å². The van der Waals surface area contributed by atoms with Gasteiger partial charge in [0, 0.05) is 20.2 Å². The van der Waals surface area contributed by atoms with Gasteiger partial charge in [0.05, 0.1) is 24.8 Å². The Hall–Kier alpha value is -3.76. The zero-order chi connectivity index (χ0) is 23.6. The molecule has 1 N–H and O–H groups in total. The van der Waals surface area contributed by atoms with Crippen LogP contribution in [-0.4, -0.2) is 54.9 Å². The second-order valence-electron chi connectivity index (χ2n) is 7.05. The summed E-state index contributed by atoms with van der Waals surface area (Å²) in [6.07, 6.45) is -4.72. The second-order valence-corrected chi connectivity index (χ2v) is 7.05. The van der Waals surface area contributed by atoms with Crippen molar-refractivity contribution in [2.24, 2.45) is 0 Å². The molecule has 170 valence electrons. The summed E-state index contributed by atoms with van der Waals surface area (Å²) in [5.41, 5.74) is -0.572. The van der Waals surface area contributed by atoms with Crippen LogP contribution in [0, 0.1) is 0 Å². The van der Waals surface area contributed by atoms with Crippen LogP contribution in [0.2, 0.25) is 0 Å². The Morgan fingerprint density at radius 1 is 1.06 bits per heavy atom. The fourth-order valence-electron chi connectivity index (χ4n) is 3.15. The molecule has 1 saturated heterocycles. The quantitative estimate of drug-likeness (QED) is 0.677. The molecule has 2 aromatic carbocycles. The van der Waals surface area contributed by atoms with Crippen molar-refractivity contribution in [1.29, 1.82) is 0 Å². The number of halogens is 3. The number of benzene rings is 2. The molecule has 0 bridgehead atoms. The first kappa shape index (κ1) is 22.9. The molecule has 3 rings (SSSR count). The zero-order valence-corrected chi connectivity index (χ0v) is 17.4. The van der Waals surface area contributed by atoms with Gasteiger partial charge >= 0.3 is 12.2 Å². The van der Waals surface area contributed by atoms with E-state index >= 15 is 0 Å². The van der Waals surface area contributed by atoms with Crippen molar-refractivity contribution in [2.45, 2.75) is 18.6 Å². The molecule has 0 spiro atoms. The van der Waals surface area contributed by atoms with Gasteiger partial charge in [-0.15, -0.1) is 0 Å². The Morgan fingerprint density at radius 2 is 1.69 bits per heavy atom. The fraction of sp³-hybridized carbons (Fsp3) is 0.286. The number of carbonyl (C=O) groups is 3. The lowest BCUT2D eigenvalue weighted by Gasteiger charge is -2.17. The molecule has 0 radical (unpaired) electrons. The molecule has 1 atom stereocenters. The summed E-state index contributed by atoms with van der Waals surface area (Å²) in [6, 6.07) is 7.20. The molecule has 0 aromatic heterocycles. The molecule has 8 nitrogen and oxygen atoms in total. The van der Waals surface area contributed by atoms with E-state index in [2.05, 4.69) is 5.32 Å². The molecule has 1 unspecified atom stereocenters. The maximum absolute atomic E-state index is 12.7. The van der Waals surface area contributed by atoms with Gasteiger partial charge in [-0.2, -0.15) is 13.2 Å². The molecule has 11 heteroatoms. The molecule has 2 aromatic rings. The molecule has 32 heavy (non-hydrogen) atoms. The number of hydrogen-bond donors (Lipinski definition) is 1. The number of ether oxygens (including phenoxy) is 2. The Labute approximate surface area is 181 Å². The molecule has 1 aliphatic heterocycles. The number of likely N-dealkylation sites (N-methyl/N-ethyl adjacent to an activating group) is 2. The van der Waals surface area contributed by atoms with E-state index in [-0.39, 0.29) is 23.6 Å². The summed E-state index contributed by atoms with van der Waals surface area (Å²) < 4.78 is 48.9. The first-order valence-electron chi connectivity index (χ1n) is 9.38. The van der Waals surface area contributed by atoms with Gasteiger partial charge < -0.3 is 19.7 Å². The Morgan fingerprint density at radius 3 is 2.22 bits per heavy atom. The third-order valence-electron chi connectivity index (χ3n) is 4.91. The summed E-state index contributed by atoms with van der Waals surface area (Å²) in [6.45, 7) is 0. The standard InChI is InChI=1S/C21H20F3N3O5/c1-26-16(19(29)27(2)20(26)30)11-18(28)25-15-10-14(8-9-17(15)31-3)32-13-6-4-12(5-7-13)21(22,23)24/h4-10,16H,11H2,1-3H3,(H,25,28). The third-order valence-corrected chi connectivity index (χ3v) is 4.91. The van der Waals surface area contributed by atoms with Gasteiger partial charge in [0.1, 0.15) is 23.3 Å². The lowest BCUT2D eigenvalue weighted by Crippen LogP contribution is -2.35. The number of nitrogens with zero attached hydrogens (tertiary/aromatic N) is 2. The lowest BCUT2D eigenvalue weighted by molar-refractivity contribution is -0.137. The van der Waals surface area contributed by atoms with Gasteiger partial charge in [-0.05, 0) is 36.4 Å². The maximum atomic E-state index is 12.7. The van der Waals surface area contributed by atoms with Crippen molar-refractivity contribution in [1.82, 2.24) is 9.80 Å². The number of rotatable bonds is 6. The van der Waals surface area contributed by atoms with Gasteiger partial charge in [-0.3, -0.25) is 14.5 Å².